The zero-order valence-corrected chi connectivity index (χ0v) is 7.05. The number of alkyl halides is 3. The molecule has 14 heavy (non-hydrogen) atoms. The average Bonchev–Trinajstić information content (AvgIpc) is 2.02. The third-order valence-corrected chi connectivity index (χ3v) is 1.64. The highest BCUT2D eigenvalue weighted by molar-refractivity contribution is 5.12. The van der Waals surface area contributed by atoms with Gasteiger partial charge in [0.2, 0.25) is 0 Å². The van der Waals surface area contributed by atoms with E-state index in [1.54, 1.807) is 0 Å². The Balaban J connectivity index is 2.70. The van der Waals surface area contributed by atoms with E-state index in [4.69, 9.17) is 5.73 Å². The quantitative estimate of drug-likeness (QED) is 0.750. The summed E-state index contributed by atoms with van der Waals surface area (Å²) in [6, 6.07) is -0.996. The highest BCUT2D eigenvalue weighted by Crippen LogP contribution is 2.21. The van der Waals surface area contributed by atoms with Crippen LogP contribution in [0.5, 0.6) is 0 Å². The lowest BCUT2D eigenvalue weighted by Crippen LogP contribution is -2.39. The molecule has 0 amide bonds. The van der Waals surface area contributed by atoms with Crippen molar-refractivity contribution in [3.05, 3.63) is 29.8 Å². The summed E-state index contributed by atoms with van der Waals surface area (Å²) in [4.78, 5) is 3.42. The maximum Gasteiger partial charge on any atom is 0.403 e. The molecule has 0 fully saturated rings. The van der Waals surface area contributed by atoms with Crippen molar-refractivity contribution in [2.24, 2.45) is 5.73 Å². The Hall–Kier alpha value is -1.17. The van der Waals surface area contributed by atoms with E-state index in [1.165, 1.54) is 0 Å². The largest absolute Gasteiger partial charge is 0.403 e. The predicted molar refractivity (Wildman–Crippen MR) is 41.9 cm³/mol. The molecule has 1 heterocycles. The molecule has 0 aliphatic rings. The first kappa shape index (κ1) is 10.9. The van der Waals surface area contributed by atoms with Crippen molar-refractivity contribution >= 4 is 0 Å². The predicted octanol–water partition coefficient (Wildman–Crippen LogP) is 1.65. The number of hydrogen-bond acceptors (Lipinski definition) is 2. The summed E-state index contributed by atoms with van der Waals surface area (Å²) in [5.74, 6) is -0.670. The highest BCUT2D eigenvalue weighted by atomic mass is 19.4. The molecule has 0 saturated carbocycles. The normalized spacial score (nSPS) is 14.1. The number of pyridine rings is 1. The van der Waals surface area contributed by atoms with Crippen LogP contribution in [-0.2, 0) is 6.42 Å². The van der Waals surface area contributed by atoms with Crippen LogP contribution in [0.2, 0.25) is 0 Å². The third-order valence-electron chi connectivity index (χ3n) is 1.64. The first-order valence-corrected chi connectivity index (χ1v) is 3.81. The molecule has 0 spiro atoms. The SMILES string of the molecule is NC(Cc1cncc(F)c1)C(F)(F)F. The number of aromatic nitrogens is 1. The van der Waals surface area contributed by atoms with Crippen LogP contribution in [0.3, 0.4) is 0 Å². The molecule has 1 rings (SSSR count). The van der Waals surface area contributed by atoms with Crippen LogP contribution in [0.4, 0.5) is 17.6 Å². The fourth-order valence-electron chi connectivity index (χ4n) is 0.937. The molecule has 0 radical (unpaired) electrons. The first-order valence-electron chi connectivity index (χ1n) is 3.81. The van der Waals surface area contributed by atoms with E-state index < -0.39 is 24.5 Å². The second-order valence-corrected chi connectivity index (χ2v) is 2.86. The molecule has 2 nitrogen and oxygen atoms in total. The monoisotopic (exact) mass is 208 g/mol. The lowest BCUT2D eigenvalue weighted by molar-refractivity contribution is -0.147. The van der Waals surface area contributed by atoms with Gasteiger partial charge < -0.3 is 5.73 Å². The highest BCUT2D eigenvalue weighted by Gasteiger charge is 2.36. The molecule has 0 aromatic carbocycles. The van der Waals surface area contributed by atoms with Gasteiger partial charge in [0, 0.05) is 6.20 Å². The van der Waals surface area contributed by atoms with Crippen molar-refractivity contribution < 1.29 is 17.6 Å². The lowest BCUT2D eigenvalue weighted by atomic mass is 10.1. The van der Waals surface area contributed by atoms with Crippen LogP contribution >= 0.6 is 0 Å². The van der Waals surface area contributed by atoms with Gasteiger partial charge >= 0.3 is 6.18 Å². The fourth-order valence-corrected chi connectivity index (χ4v) is 0.937. The van der Waals surface area contributed by atoms with Gasteiger partial charge in [-0.15, -0.1) is 0 Å². The van der Waals surface area contributed by atoms with Crippen molar-refractivity contribution in [3.8, 4) is 0 Å². The van der Waals surface area contributed by atoms with E-state index >= 15 is 0 Å². The summed E-state index contributed by atoms with van der Waals surface area (Å²) in [7, 11) is 0. The van der Waals surface area contributed by atoms with Gasteiger partial charge in [0.1, 0.15) is 11.9 Å². The van der Waals surface area contributed by atoms with E-state index in [-0.39, 0.29) is 5.56 Å². The fraction of sp³-hybridized carbons (Fsp3) is 0.375. The van der Waals surface area contributed by atoms with Gasteiger partial charge in [0.05, 0.1) is 6.20 Å². The molecule has 1 unspecified atom stereocenters. The second kappa shape index (κ2) is 3.91. The van der Waals surface area contributed by atoms with E-state index in [0.29, 0.717) is 0 Å². The van der Waals surface area contributed by atoms with Crippen LogP contribution in [0.1, 0.15) is 5.56 Å². The Morgan fingerprint density at radius 1 is 1.36 bits per heavy atom. The Morgan fingerprint density at radius 2 is 2.00 bits per heavy atom. The van der Waals surface area contributed by atoms with Crippen LogP contribution < -0.4 is 5.73 Å². The van der Waals surface area contributed by atoms with Gasteiger partial charge in [0.15, 0.2) is 0 Å². The summed E-state index contributed by atoms with van der Waals surface area (Å²) in [5, 5.41) is 0. The topological polar surface area (TPSA) is 38.9 Å². The third kappa shape index (κ3) is 2.95. The van der Waals surface area contributed by atoms with E-state index in [2.05, 4.69) is 4.98 Å². The van der Waals surface area contributed by atoms with Crippen molar-refractivity contribution in [1.29, 1.82) is 0 Å². The van der Waals surface area contributed by atoms with Crippen molar-refractivity contribution in [2.45, 2.75) is 18.6 Å². The van der Waals surface area contributed by atoms with E-state index in [1.807, 2.05) is 0 Å². The standard InChI is InChI=1S/C8H8F4N2/c9-6-1-5(3-14-4-6)2-7(13)8(10,11)12/h1,3-4,7H,2,13H2. The molecule has 0 aliphatic heterocycles. The van der Waals surface area contributed by atoms with Gasteiger partial charge in [-0.2, -0.15) is 13.2 Å². The zero-order valence-electron chi connectivity index (χ0n) is 7.05. The maximum absolute atomic E-state index is 12.5. The molecule has 1 aromatic heterocycles. The molecule has 0 aliphatic carbocycles. The molecule has 1 atom stereocenters. The van der Waals surface area contributed by atoms with Crippen LogP contribution in [0.15, 0.2) is 18.5 Å². The van der Waals surface area contributed by atoms with Gasteiger partial charge in [-0.3, -0.25) is 4.98 Å². The molecule has 1 aromatic rings. The first-order chi connectivity index (χ1) is 6.39. The number of nitrogens with two attached hydrogens (primary N) is 1. The minimum atomic E-state index is -4.47. The molecular weight excluding hydrogens is 200 g/mol. The summed E-state index contributed by atoms with van der Waals surface area (Å²) >= 11 is 0. The van der Waals surface area contributed by atoms with Crippen molar-refractivity contribution in [3.63, 3.8) is 0 Å². The average molecular weight is 208 g/mol. The van der Waals surface area contributed by atoms with Gasteiger partial charge in [-0.1, -0.05) is 0 Å². The number of nitrogens with zero attached hydrogens (tertiary/aromatic N) is 1. The molecule has 6 heteroatoms. The summed E-state index contributed by atoms with van der Waals surface area (Å²) in [6.07, 6.45) is -2.85. The number of halogens is 4. The molecule has 0 bridgehead atoms. The molecule has 2 N–H and O–H groups in total. The molecular formula is C8H8F4N2. The van der Waals surface area contributed by atoms with E-state index in [9.17, 15) is 17.6 Å². The minimum Gasteiger partial charge on any atom is -0.320 e. The Kier molecular flexibility index (Phi) is 3.05. The number of rotatable bonds is 2. The Bertz CT molecular complexity index is 310. The molecule has 0 saturated heterocycles. The lowest BCUT2D eigenvalue weighted by Gasteiger charge is -2.14. The van der Waals surface area contributed by atoms with Crippen LogP contribution in [-0.4, -0.2) is 17.2 Å². The van der Waals surface area contributed by atoms with Gasteiger partial charge in [-0.25, -0.2) is 4.39 Å². The minimum absolute atomic E-state index is 0.134. The van der Waals surface area contributed by atoms with Gasteiger partial charge in [-0.05, 0) is 18.1 Å². The Morgan fingerprint density at radius 3 is 2.50 bits per heavy atom. The summed E-state index contributed by atoms with van der Waals surface area (Å²) in [6.45, 7) is 0. The molecule has 78 valence electrons. The maximum atomic E-state index is 12.5. The zero-order chi connectivity index (χ0) is 10.8. The van der Waals surface area contributed by atoms with Gasteiger partial charge in [0.25, 0.3) is 0 Å². The van der Waals surface area contributed by atoms with Crippen molar-refractivity contribution in [2.75, 3.05) is 0 Å². The van der Waals surface area contributed by atoms with Crippen molar-refractivity contribution in [1.82, 2.24) is 4.98 Å². The summed E-state index contributed by atoms with van der Waals surface area (Å²) in [5.41, 5.74) is 4.99. The smallest absolute Gasteiger partial charge is 0.320 e. The van der Waals surface area contributed by atoms with E-state index in [0.717, 1.165) is 18.5 Å². The van der Waals surface area contributed by atoms with Crippen LogP contribution in [0.25, 0.3) is 0 Å². The second-order valence-electron chi connectivity index (χ2n) is 2.86. The van der Waals surface area contributed by atoms with Crippen LogP contribution in [0, 0.1) is 5.82 Å². The summed E-state index contributed by atoms with van der Waals surface area (Å²) < 4.78 is 48.5. The Labute approximate surface area is 77.7 Å². The number of hydrogen-bond donors (Lipinski definition) is 1.